The predicted octanol–water partition coefficient (Wildman–Crippen LogP) is 0.492. The Morgan fingerprint density at radius 1 is 1.64 bits per heavy atom. The highest BCUT2D eigenvalue weighted by Gasteiger charge is 2.10. The minimum absolute atomic E-state index is 0.217. The lowest BCUT2D eigenvalue weighted by Gasteiger charge is -2.13. The second-order valence-electron chi connectivity index (χ2n) is 2.48. The van der Waals surface area contributed by atoms with Gasteiger partial charge in [-0.25, -0.2) is 4.98 Å². The third kappa shape index (κ3) is 3.06. The number of hydrogen-bond donors (Lipinski definition) is 1. The van der Waals surface area contributed by atoms with Crippen LogP contribution in [-0.2, 0) is 9.47 Å². The van der Waals surface area contributed by atoms with Crippen molar-refractivity contribution in [2.75, 3.05) is 20.8 Å². The van der Waals surface area contributed by atoms with Gasteiger partial charge in [-0.15, -0.1) is 11.3 Å². The summed E-state index contributed by atoms with van der Waals surface area (Å²) < 4.78 is 9.82. The topological polar surface area (TPSA) is 60.5 Å². The van der Waals surface area contributed by atoms with Crippen molar-refractivity contribution in [1.29, 1.82) is 0 Å². The molecule has 78 valence electrons. The number of ether oxygens (including phenoxy) is 2. The second-order valence-corrected chi connectivity index (χ2v) is 3.20. The molecule has 0 fully saturated rings. The van der Waals surface area contributed by atoms with Crippen LogP contribution in [0.2, 0.25) is 0 Å². The Kier molecular flexibility index (Phi) is 4.51. The van der Waals surface area contributed by atoms with Crippen LogP contribution >= 0.6 is 11.3 Å². The lowest BCUT2D eigenvalue weighted by molar-refractivity contribution is -0.0974. The van der Waals surface area contributed by atoms with Gasteiger partial charge in [0.05, 0.1) is 12.1 Å². The molecule has 1 rings (SSSR count). The van der Waals surface area contributed by atoms with Gasteiger partial charge in [0.15, 0.2) is 6.29 Å². The predicted molar refractivity (Wildman–Crippen MR) is 52.3 cm³/mol. The van der Waals surface area contributed by atoms with Gasteiger partial charge >= 0.3 is 0 Å². The molecule has 0 radical (unpaired) electrons. The van der Waals surface area contributed by atoms with Crippen LogP contribution in [0.25, 0.3) is 0 Å². The Morgan fingerprint density at radius 2 is 2.36 bits per heavy atom. The van der Waals surface area contributed by atoms with E-state index in [-0.39, 0.29) is 5.91 Å². The Hall–Kier alpha value is -0.980. The summed E-state index contributed by atoms with van der Waals surface area (Å²) in [5.74, 6) is -0.217. The molecular weight excluding hydrogens is 204 g/mol. The first kappa shape index (κ1) is 11.1. The first-order valence-corrected chi connectivity index (χ1v) is 4.94. The van der Waals surface area contributed by atoms with Gasteiger partial charge in [-0.1, -0.05) is 0 Å². The molecule has 0 aliphatic carbocycles. The monoisotopic (exact) mass is 216 g/mol. The van der Waals surface area contributed by atoms with E-state index < -0.39 is 6.29 Å². The highest BCUT2D eigenvalue weighted by Crippen LogP contribution is 2.00. The molecule has 0 bridgehead atoms. The van der Waals surface area contributed by atoms with Crippen LogP contribution in [0.3, 0.4) is 0 Å². The Balaban J connectivity index is 2.35. The highest BCUT2D eigenvalue weighted by molar-refractivity contribution is 7.07. The maximum atomic E-state index is 11.4. The summed E-state index contributed by atoms with van der Waals surface area (Å²) in [4.78, 5) is 15.2. The third-order valence-corrected chi connectivity index (χ3v) is 2.21. The van der Waals surface area contributed by atoms with Gasteiger partial charge in [-0.2, -0.15) is 0 Å². The van der Waals surface area contributed by atoms with E-state index >= 15 is 0 Å². The minimum Gasteiger partial charge on any atom is -0.354 e. The second kappa shape index (κ2) is 5.69. The molecule has 1 N–H and O–H groups in total. The van der Waals surface area contributed by atoms with Crippen molar-refractivity contribution < 1.29 is 14.3 Å². The van der Waals surface area contributed by atoms with E-state index in [1.54, 1.807) is 10.9 Å². The van der Waals surface area contributed by atoms with E-state index in [2.05, 4.69) is 10.3 Å². The maximum Gasteiger partial charge on any atom is 0.270 e. The van der Waals surface area contributed by atoms with E-state index in [4.69, 9.17) is 9.47 Å². The van der Waals surface area contributed by atoms with E-state index in [0.717, 1.165) is 0 Å². The zero-order chi connectivity index (χ0) is 10.4. The largest absolute Gasteiger partial charge is 0.354 e. The van der Waals surface area contributed by atoms with Gasteiger partial charge in [0.25, 0.3) is 5.91 Å². The van der Waals surface area contributed by atoms with Crippen LogP contribution in [0, 0.1) is 0 Å². The van der Waals surface area contributed by atoms with Gasteiger partial charge in [0, 0.05) is 19.6 Å². The molecule has 5 nitrogen and oxygen atoms in total. The van der Waals surface area contributed by atoms with Crippen molar-refractivity contribution in [1.82, 2.24) is 10.3 Å². The molecule has 1 heterocycles. The fourth-order valence-electron chi connectivity index (χ4n) is 0.854. The summed E-state index contributed by atoms with van der Waals surface area (Å²) >= 11 is 1.38. The normalized spacial score (nSPS) is 10.5. The van der Waals surface area contributed by atoms with E-state index in [9.17, 15) is 4.79 Å². The first-order chi connectivity index (χ1) is 6.77. The number of nitrogens with one attached hydrogen (secondary N) is 1. The number of hydrogen-bond acceptors (Lipinski definition) is 5. The van der Waals surface area contributed by atoms with E-state index in [1.807, 2.05) is 0 Å². The number of carbonyl (C=O) groups excluding carboxylic acids is 1. The van der Waals surface area contributed by atoms with Crippen molar-refractivity contribution in [3.05, 3.63) is 16.6 Å². The first-order valence-electron chi connectivity index (χ1n) is 4.00. The minimum atomic E-state index is -0.419. The molecule has 1 aromatic rings. The maximum absolute atomic E-state index is 11.4. The number of aromatic nitrogens is 1. The van der Waals surface area contributed by atoms with Crippen LogP contribution in [0.15, 0.2) is 10.9 Å². The summed E-state index contributed by atoms with van der Waals surface area (Å²) in [6.45, 7) is 0.309. The molecule has 0 spiro atoms. The van der Waals surface area contributed by atoms with Gasteiger partial charge in [0.1, 0.15) is 5.69 Å². The summed E-state index contributed by atoms with van der Waals surface area (Å²) in [5, 5.41) is 4.33. The molecular formula is C8H12N2O3S. The zero-order valence-electron chi connectivity index (χ0n) is 8.02. The molecule has 0 saturated carbocycles. The van der Waals surface area contributed by atoms with Crippen molar-refractivity contribution >= 4 is 17.2 Å². The molecule has 1 amide bonds. The fourth-order valence-corrected chi connectivity index (χ4v) is 1.39. The quantitative estimate of drug-likeness (QED) is 0.728. The molecule has 14 heavy (non-hydrogen) atoms. The molecule has 0 unspecified atom stereocenters. The summed E-state index contributed by atoms with van der Waals surface area (Å²) in [6.07, 6.45) is -0.419. The van der Waals surface area contributed by atoms with Crippen LogP contribution in [0.5, 0.6) is 0 Å². The third-order valence-electron chi connectivity index (χ3n) is 1.62. The molecule has 0 aliphatic heterocycles. The molecule has 6 heteroatoms. The van der Waals surface area contributed by atoms with E-state index in [1.165, 1.54) is 25.6 Å². The number of amides is 1. The summed E-state index contributed by atoms with van der Waals surface area (Å²) in [5.41, 5.74) is 2.03. The Morgan fingerprint density at radius 3 is 2.86 bits per heavy atom. The van der Waals surface area contributed by atoms with Gasteiger partial charge in [-0.3, -0.25) is 4.79 Å². The SMILES string of the molecule is COC(CNC(=O)c1cscn1)OC. The zero-order valence-corrected chi connectivity index (χ0v) is 8.84. The molecule has 1 aromatic heterocycles. The number of carbonyl (C=O) groups is 1. The lowest BCUT2D eigenvalue weighted by Crippen LogP contribution is -2.34. The van der Waals surface area contributed by atoms with Crippen LogP contribution in [0.1, 0.15) is 10.5 Å². The van der Waals surface area contributed by atoms with Crippen molar-refractivity contribution in [2.45, 2.75) is 6.29 Å². The Bertz CT molecular complexity index is 272. The molecule has 0 atom stereocenters. The number of thiazole rings is 1. The number of nitrogens with zero attached hydrogens (tertiary/aromatic N) is 1. The fraction of sp³-hybridized carbons (Fsp3) is 0.500. The number of rotatable bonds is 5. The average molecular weight is 216 g/mol. The van der Waals surface area contributed by atoms with Gasteiger partial charge in [-0.05, 0) is 0 Å². The lowest BCUT2D eigenvalue weighted by atomic mass is 10.4. The van der Waals surface area contributed by atoms with Gasteiger partial charge < -0.3 is 14.8 Å². The number of methoxy groups -OCH3 is 2. The summed E-state index contributed by atoms with van der Waals surface area (Å²) in [7, 11) is 3.03. The van der Waals surface area contributed by atoms with Crippen LogP contribution in [0.4, 0.5) is 0 Å². The van der Waals surface area contributed by atoms with E-state index in [0.29, 0.717) is 12.2 Å². The van der Waals surface area contributed by atoms with Gasteiger partial charge in [0.2, 0.25) is 0 Å². The summed E-state index contributed by atoms with van der Waals surface area (Å²) in [6, 6.07) is 0. The Labute approximate surface area is 86.1 Å². The standard InChI is InChI=1S/C8H12N2O3S/c1-12-7(13-2)3-9-8(11)6-4-14-5-10-6/h4-5,7H,3H2,1-2H3,(H,9,11). The average Bonchev–Trinajstić information content (AvgIpc) is 2.72. The molecule has 0 aromatic carbocycles. The molecule has 0 aliphatic rings. The van der Waals surface area contributed by atoms with Crippen molar-refractivity contribution in [3.63, 3.8) is 0 Å². The van der Waals surface area contributed by atoms with Crippen molar-refractivity contribution in [3.8, 4) is 0 Å². The highest BCUT2D eigenvalue weighted by atomic mass is 32.1. The van der Waals surface area contributed by atoms with Crippen LogP contribution in [-0.4, -0.2) is 37.9 Å². The van der Waals surface area contributed by atoms with Crippen LogP contribution < -0.4 is 5.32 Å². The smallest absolute Gasteiger partial charge is 0.270 e. The molecule has 0 saturated heterocycles. The van der Waals surface area contributed by atoms with Crippen molar-refractivity contribution in [2.24, 2.45) is 0 Å².